The Balaban J connectivity index is 1.76. The molecule has 0 radical (unpaired) electrons. The van der Waals surface area contributed by atoms with E-state index in [0.29, 0.717) is 11.3 Å². The summed E-state index contributed by atoms with van der Waals surface area (Å²) in [6.07, 6.45) is -12.9. The molecule has 0 bridgehead atoms. The lowest BCUT2D eigenvalue weighted by Crippen LogP contribution is -2.62. The normalized spacial score (nSPS) is 16.8. The molecule has 1 unspecified atom stereocenters. The van der Waals surface area contributed by atoms with Crippen molar-refractivity contribution in [3.05, 3.63) is 83.4 Å². The maximum absolute atomic E-state index is 13.6. The van der Waals surface area contributed by atoms with E-state index in [2.05, 4.69) is 5.10 Å². The van der Waals surface area contributed by atoms with Gasteiger partial charge in [0.25, 0.3) is 5.60 Å². The highest BCUT2D eigenvalue weighted by Crippen LogP contribution is 2.49. The van der Waals surface area contributed by atoms with Crippen LogP contribution in [0.2, 0.25) is 5.02 Å². The number of para-hydroxylation sites is 1. The summed E-state index contributed by atoms with van der Waals surface area (Å²) in [5, 5.41) is 14.7. The van der Waals surface area contributed by atoms with E-state index in [1.54, 1.807) is 42.5 Å². The molecule has 190 valence electrons. The summed E-state index contributed by atoms with van der Waals surface area (Å²) in [5.41, 5.74) is -4.49. The summed E-state index contributed by atoms with van der Waals surface area (Å²) in [5.74, 6) is 0.656. The summed E-state index contributed by atoms with van der Waals surface area (Å²) in [6.45, 7) is 0. The fourth-order valence-corrected chi connectivity index (χ4v) is 4.24. The molecule has 0 fully saturated rings. The van der Waals surface area contributed by atoms with Gasteiger partial charge in [0.2, 0.25) is 0 Å². The zero-order valence-corrected chi connectivity index (χ0v) is 19.4. The van der Waals surface area contributed by atoms with E-state index < -0.39 is 36.1 Å². The Morgan fingerprint density at radius 3 is 1.89 bits per heavy atom. The number of anilines is 1. The molecule has 3 aromatic rings. The van der Waals surface area contributed by atoms with E-state index in [4.69, 9.17) is 16.3 Å². The number of hydrogen-bond donors (Lipinski definition) is 1. The van der Waals surface area contributed by atoms with E-state index in [0.717, 1.165) is 16.1 Å². The Kier molecular flexibility index (Phi) is 6.70. The molecule has 0 aliphatic carbocycles. The fraction of sp³-hybridized carbons (Fsp3) is 0.240. The zero-order valence-electron chi connectivity index (χ0n) is 18.6. The molecule has 4 nitrogen and oxygen atoms in total. The SMILES string of the molecule is COc1ccc(-c2ccc(C3CC(C(O)(C(F)(F)F)C(F)(F)F)=NN3c3ccccc3Cl)cc2)cc1. The van der Waals surface area contributed by atoms with Gasteiger partial charge in [0.15, 0.2) is 0 Å². The van der Waals surface area contributed by atoms with Crippen molar-refractivity contribution in [2.75, 3.05) is 12.1 Å². The molecular weight excluding hydrogens is 510 g/mol. The third-order valence-electron chi connectivity index (χ3n) is 5.97. The molecule has 4 rings (SSSR count). The van der Waals surface area contributed by atoms with Crippen LogP contribution >= 0.6 is 11.6 Å². The number of hydrazone groups is 1. The molecule has 1 aliphatic rings. The average molecular weight is 529 g/mol. The van der Waals surface area contributed by atoms with E-state index in [1.165, 1.54) is 25.3 Å². The van der Waals surface area contributed by atoms with Gasteiger partial charge in [0.05, 0.1) is 29.6 Å². The number of benzene rings is 3. The van der Waals surface area contributed by atoms with Gasteiger partial charge in [0, 0.05) is 6.42 Å². The van der Waals surface area contributed by atoms with Gasteiger partial charge in [-0.1, -0.05) is 60.1 Å². The molecule has 36 heavy (non-hydrogen) atoms. The van der Waals surface area contributed by atoms with Crippen LogP contribution in [-0.4, -0.2) is 35.9 Å². The Hall–Kier alpha value is -3.24. The molecule has 3 aromatic carbocycles. The van der Waals surface area contributed by atoms with E-state index in [1.807, 2.05) is 12.1 Å². The first-order valence-corrected chi connectivity index (χ1v) is 11.0. The summed E-state index contributed by atoms with van der Waals surface area (Å²) in [6, 6.07) is 18.6. The van der Waals surface area contributed by atoms with E-state index in [9.17, 15) is 31.4 Å². The zero-order chi connectivity index (χ0) is 26.3. The van der Waals surface area contributed by atoms with Crippen molar-refractivity contribution in [2.45, 2.75) is 30.4 Å². The Labute approximate surface area is 207 Å². The van der Waals surface area contributed by atoms with Crippen LogP contribution in [0.25, 0.3) is 11.1 Å². The molecule has 1 aliphatic heterocycles. The molecule has 0 amide bonds. The highest BCUT2D eigenvalue weighted by atomic mass is 35.5. The van der Waals surface area contributed by atoms with Crippen LogP contribution in [0.1, 0.15) is 18.0 Å². The van der Waals surface area contributed by atoms with E-state index in [-0.39, 0.29) is 10.7 Å². The third-order valence-corrected chi connectivity index (χ3v) is 6.29. The lowest BCUT2D eigenvalue weighted by atomic mass is 9.89. The van der Waals surface area contributed by atoms with Crippen molar-refractivity contribution in [1.82, 2.24) is 0 Å². The molecule has 1 atom stereocenters. The molecule has 0 spiro atoms. The second-order valence-electron chi connectivity index (χ2n) is 8.12. The summed E-state index contributed by atoms with van der Waals surface area (Å²) in [7, 11) is 1.53. The summed E-state index contributed by atoms with van der Waals surface area (Å²) >= 11 is 6.20. The average Bonchev–Trinajstić information content (AvgIpc) is 3.28. The van der Waals surface area contributed by atoms with Gasteiger partial charge in [0.1, 0.15) is 5.75 Å². The van der Waals surface area contributed by atoms with Gasteiger partial charge >= 0.3 is 12.4 Å². The van der Waals surface area contributed by atoms with Crippen molar-refractivity contribution >= 4 is 23.0 Å². The molecular formula is C25H19ClF6N2O2. The standard InChI is InChI=1S/C25H19ClF6N2O2/c1-36-18-12-10-16(11-13-18)15-6-8-17(9-7-15)21-14-22(23(35,24(27,28)29)25(30,31)32)33-34(21)20-5-3-2-4-19(20)26/h2-13,21,35H,14H2,1H3. The van der Waals surface area contributed by atoms with Crippen LogP contribution in [0.4, 0.5) is 32.0 Å². The molecule has 0 aromatic heterocycles. The molecule has 1 heterocycles. The predicted molar refractivity (Wildman–Crippen MR) is 124 cm³/mol. The van der Waals surface area contributed by atoms with E-state index >= 15 is 0 Å². The van der Waals surface area contributed by atoms with Crippen LogP contribution < -0.4 is 9.75 Å². The monoisotopic (exact) mass is 528 g/mol. The third kappa shape index (κ3) is 4.51. The number of hydrogen-bond acceptors (Lipinski definition) is 4. The molecule has 0 saturated carbocycles. The Morgan fingerprint density at radius 1 is 0.861 bits per heavy atom. The second kappa shape index (κ2) is 9.33. The lowest BCUT2D eigenvalue weighted by molar-refractivity contribution is -0.338. The van der Waals surface area contributed by atoms with Crippen molar-refractivity contribution < 1.29 is 36.2 Å². The van der Waals surface area contributed by atoms with Crippen LogP contribution in [-0.2, 0) is 0 Å². The lowest BCUT2D eigenvalue weighted by Gasteiger charge is -2.32. The second-order valence-corrected chi connectivity index (χ2v) is 8.53. The van der Waals surface area contributed by atoms with Gasteiger partial charge in [-0.05, 0) is 41.0 Å². The van der Waals surface area contributed by atoms with Crippen LogP contribution in [0.15, 0.2) is 77.9 Å². The highest BCUT2D eigenvalue weighted by Gasteiger charge is 2.74. The van der Waals surface area contributed by atoms with Gasteiger partial charge in [-0.15, -0.1) is 0 Å². The minimum Gasteiger partial charge on any atom is -0.497 e. The van der Waals surface area contributed by atoms with Crippen molar-refractivity contribution in [2.24, 2.45) is 5.10 Å². The Bertz CT molecular complexity index is 1240. The van der Waals surface area contributed by atoms with Crippen LogP contribution in [0.3, 0.4) is 0 Å². The van der Waals surface area contributed by atoms with Gasteiger partial charge < -0.3 is 9.84 Å². The quantitative estimate of drug-likeness (QED) is 0.357. The van der Waals surface area contributed by atoms with Gasteiger partial charge in [-0.25, -0.2) is 0 Å². The van der Waals surface area contributed by atoms with Crippen LogP contribution in [0, 0.1) is 0 Å². The number of halogens is 7. The molecule has 0 saturated heterocycles. The minimum absolute atomic E-state index is 0.0740. The first-order valence-electron chi connectivity index (χ1n) is 10.6. The maximum atomic E-state index is 13.6. The number of ether oxygens (including phenoxy) is 1. The number of methoxy groups -OCH3 is 1. The molecule has 11 heteroatoms. The summed E-state index contributed by atoms with van der Waals surface area (Å²) < 4.78 is 86.6. The van der Waals surface area contributed by atoms with Gasteiger partial charge in [-0.3, -0.25) is 5.01 Å². The predicted octanol–water partition coefficient (Wildman–Crippen LogP) is 7.18. The minimum atomic E-state index is -6.04. The number of alkyl halides is 6. The highest BCUT2D eigenvalue weighted by molar-refractivity contribution is 6.33. The molecule has 1 N–H and O–H groups in total. The van der Waals surface area contributed by atoms with Crippen molar-refractivity contribution in [3.8, 4) is 16.9 Å². The van der Waals surface area contributed by atoms with Gasteiger partial charge in [-0.2, -0.15) is 31.4 Å². The van der Waals surface area contributed by atoms with Crippen molar-refractivity contribution in [3.63, 3.8) is 0 Å². The maximum Gasteiger partial charge on any atom is 0.431 e. The Morgan fingerprint density at radius 2 is 1.39 bits per heavy atom. The van der Waals surface area contributed by atoms with Crippen molar-refractivity contribution in [1.29, 1.82) is 0 Å². The number of nitrogens with zero attached hydrogens (tertiary/aromatic N) is 2. The fourth-order valence-electron chi connectivity index (χ4n) is 4.02. The number of aliphatic hydroxyl groups is 1. The van der Waals surface area contributed by atoms with Crippen LogP contribution in [0.5, 0.6) is 5.75 Å². The first kappa shape index (κ1) is 25.8. The smallest absolute Gasteiger partial charge is 0.431 e. The first-order chi connectivity index (χ1) is 16.9. The largest absolute Gasteiger partial charge is 0.497 e. The topological polar surface area (TPSA) is 45.1 Å². The number of rotatable bonds is 5. The summed E-state index contributed by atoms with van der Waals surface area (Å²) in [4.78, 5) is 0.